The van der Waals surface area contributed by atoms with Crippen LogP contribution in [0.5, 0.6) is 0 Å². The quantitative estimate of drug-likeness (QED) is 0.641. The van der Waals surface area contributed by atoms with Crippen LogP contribution in [0.3, 0.4) is 0 Å². The lowest BCUT2D eigenvalue weighted by Gasteiger charge is -2.17. The Morgan fingerprint density at radius 3 is 2.24 bits per heavy atom. The Balaban J connectivity index is 2.03. The van der Waals surface area contributed by atoms with Gasteiger partial charge in [-0.3, -0.25) is 4.79 Å². The fraction of sp³-hybridized carbons (Fsp3) is 0.174. The summed E-state index contributed by atoms with van der Waals surface area (Å²) in [4.78, 5) is 29.8. The molecule has 0 unspecified atom stereocenters. The zero-order chi connectivity index (χ0) is 21.1. The second-order valence-corrected chi connectivity index (χ2v) is 6.63. The van der Waals surface area contributed by atoms with Crippen LogP contribution in [0.1, 0.15) is 33.5 Å². The van der Waals surface area contributed by atoms with E-state index in [9.17, 15) is 14.7 Å². The number of carbonyl (C=O) groups is 2. The van der Waals surface area contributed by atoms with Gasteiger partial charge in [0.05, 0.1) is 6.57 Å². The number of para-hydroxylation sites is 1. The molecule has 0 bridgehead atoms. The lowest BCUT2D eigenvalue weighted by molar-refractivity contribution is 0.0687. The molecule has 146 valence electrons. The Morgan fingerprint density at radius 1 is 1.10 bits per heavy atom. The molecule has 0 radical (unpaired) electrons. The summed E-state index contributed by atoms with van der Waals surface area (Å²) in [5.41, 5.74) is 3.34. The van der Waals surface area contributed by atoms with Crippen molar-refractivity contribution in [3.8, 4) is 11.1 Å². The van der Waals surface area contributed by atoms with Crippen LogP contribution in [0, 0.1) is 6.57 Å². The monoisotopic (exact) mass is 387 g/mol. The number of carbonyl (C=O) groups excluding carboxylic acids is 1. The van der Waals surface area contributed by atoms with Crippen molar-refractivity contribution in [2.45, 2.75) is 13.3 Å². The van der Waals surface area contributed by atoms with E-state index in [2.05, 4.69) is 4.85 Å². The van der Waals surface area contributed by atoms with E-state index in [4.69, 9.17) is 6.57 Å². The molecule has 1 aromatic heterocycles. The Labute approximate surface area is 169 Å². The second-order valence-electron chi connectivity index (χ2n) is 6.63. The van der Waals surface area contributed by atoms with Crippen molar-refractivity contribution in [2.75, 3.05) is 11.9 Å². The molecular formula is C23H21N3O3. The van der Waals surface area contributed by atoms with Crippen LogP contribution < -0.4 is 4.90 Å². The van der Waals surface area contributed by atoms with Crippen molar-refractivity contribution in [1.29, 1.82) is 0 Å². The first-order valence-electron chi connectivity index (χ1n) is 9.16. The SMILES string of the molecule is [C-]#[N+]c1c(-c2ccc(C(=O)N(C)c3ccccc3)cc2)c(C(=O)O)n(C)c1CC. The molecule has 0 saturated heterocycles. The minimum Gasteiger partial charge on any atom is -0.477 e. The highest BCUT2D eigenvalue weighted by Gasteiger charge is 2.26. The molecule has 0 fully saturated rings. The number of aromatic nitrogens is 1. The van der Waals surface area contributed by atoms with Gasteiger partial charge < -0.3 is 14.6 Å². The van der Waals surface area contributed by atoms with E-state index in [0.29, 0.717) is 34.5 Å². The third-order valence-corrected chi connectivity index (χ3v) is 5.01. The molecule has 3 aromatic rings. The van der Waals surface area contributed by atoms with Crippen molar-refractivity contribution in [1.82, 2.24) is 4.57 Å². The summed E-state index contributed by atoms with van der Waals surface area (Å²) < 4.78 is 1.56. The van der Waals surface area contributed by atoms with Crippen LogP contribution in [0.15, 0.2) is 54.6 Å². The molecule has 1 heterocycles. The number of rotatable bonds is 5. The fourth-order valence-corrected chi connectivity index (χ4v) is 3.51. The minimum absolute atomic E-state index is 0.0772. The summed E-state index contributed by atoms with van der Waals surface area (Å²) in [6.07, 6.45) is 0.549. The summed E-state index contributed by atoms with van der Waals surface area (Å²) >= 11 is 0. The van der Waals surface area contributed by atoms with E-state index in [0.717, 1.165) is 5.69 Å². The predicted molar refractivity (Wildman–Crippen MR) is 113 cm³/mol. The van der Waals surface area contributed by atoms with Gasteiger partial charge >= 0.3 is 5.97 Å². The average Bonchev–Trinajstić information content (AvgIpc) is 3.04. The summed E-state index contributed by atoms with van der Waals surface area (Å²) in [7, 11) is 3.36. The van der Waals surface area contributed by atoms with Crippen molar-refractivity contribution < 1.29 is 14.7 Å². The van der Waals surface area contributed by atoms with Crippen LogP contribution in [0.4, 0.5) is 11.4 Å². The Hall–Kier alpha value is -3.85. The van der Waals surface area contributed by atoms with Crippen molar-refractivity contribution in [2.24, 2.45) is 7.05 Å². The number of aromatic carboxylic acids is 1. The van der Waals surface area contributed by atoms with Gasteiger partial charge in [0, 0.05) is 36.6 Å². The number of anilines is 1. The molecule has 6 nitrogen and oxygen atoms in total. The molecule has 0 spiro atoms. The second kappa shape index (κ2) is 8.03. The third-order valence-electron chi connectivity index (χ3n) is 5.01. The smallest absolute Gasteiger partial charge is 0.351 e. The average molecular weight is 387 g/mol. The van der Waals surface area contributed by atoms with Gasteiger partial charge in [0.1, 0.15) is 5.69 Å². The predicted octanol–water partition coefficient (Wildman–Crippen LogP) is 4.78. The number of hydrogen-bond donors (Lipinski definition) is 1. The van der Waals surface area contributed by atoms with E-state index >= 15 is 0 Å². The lowest BCUT2D eigenvalue weighted by atomic mass is 10.0. The summed E-state index contributed by atoms with van der Waals surface area (Å²) in [6, 6.07) is 16.0. The maximum absolute atomic E-state index is 12.8. The number of benzene rings is 2. The highest BCUT2D eigenvalue weighted by molar-refractivity contribution is 6.06. The highest BCUT2D eigenvalue weighted by atomic mass is 16.4. The zero-order valence-electron chi connectivity index (χ0n) is 16.5. The molecule has 0 aliphatic heterocycles. The van der Waals surface area contributed by atoms with Crippen LogP contribution >= 0.6 is 0 Å². The molecule has 1 amide bonds. The van der Waals surface area contributed by atoms with Gasteiger partial charge in [0.2, 0.25) is 5.69 Å². The summed E-state index contributed by atoms with van der Waals surface area (Å²) in [6.45, 7) is 9.44. The van der Waals surface area contributed by atoms with Gasteiger partial charge in [-0.05, 0) is 36.2 Å². The maximum Gasteiger partial charge on any atom is 0.351 e. The molecule has 0 aliphatic rings. The molecule has 3 rings (SSSR count). The van der Waals surface area contributed by atoms with Crippen molar-refractivity contribution in [3.05, 3.63) is 83.0 Å². The molecule has 0 aliphatic carbocycles. The summed E-state index contributed by atoms with van der Waals surface area (Å²) in [5.74, 6) is -1.26. The molecular weight excluding hydrogens is 366 g/mol. The number of hydrogen-bond acceptors (Lipinski definition) is 2. The van der Waals surface area contributed by atoms with Gasteiger partial charge in [-0.1, -0.05) is 37.3 Å². The van der Waals surface area contributed by atoms with Crippen LogP contribution in [-0.4, -0.2) is 28.6 Å². The molecule has 0 atom stereocenters. The molecule has 0 saturated carbocycles. The van der Waals surface area contributed by atoms with E-state index in [1.54, 1.807) is 47.8 Å². The van der Waals surface area contributed by atoms with E-state index in [-0.39, 0.29) is 11.6 Å². The van der Waals surface area contributed by atoms with E-state index in [1.165, 1.54) is 0 Å². The van der Waals surface area contributed by atoms with Gasteiger partial charge in [-0.15, -0.1) is 0 Å². The van der Waals surface area contributed by atoms with Gasteiger partial charge in [0.15, 0.2) is 0 Å². The highest BCUT2D eigenvalue weighted by Crippen LogP contribution is 2.39. The minimum atomic E-state index is -1.09. The van der Waals surface area contributed by atoms with Crippen molar-refractivity contribution in [3.63, 3.8) is 0 Å². The fourth-order valence-electron chi connectivity index (χ4n) is 3.51. The number of carboxylic acids is 1. The molecule has 2 aromatic carbocycles. The van der Waals surface area contributed by atoms with Crippen LogP contribution in [0.2, 0.25) is 0 Å². The Morgan fingerprint density at radius 2 is 1.72 bits per heavy atom. The van der Waals surface area contributed by atoms with Gasteiger partial charge in [-0.25, -0.2) is 9.64 Å². The maximum atomic E-state index is 12.8. The lowest BCUT2D eigenvalue weighted by Crippen LogP contribution is -2.26. The van der Waals surface area contributed by atoms with Gasteiger partial charge in [-0.2, -0.15) is 0 Å². The zero-order valence-corrected chi connectivity index (χ0v) is 16.5. The first-order chi connectivity index (χ1) is 13.9. The standard InChI is InChI=1S/C23H21N3O3/c1-5-18-20(24-2)19(21(23(28)29)26(18)4)15-11-13-16(14-12-15)22(27)25(3)17-9-7-6-8-10-17/h6-14H,5H2,1,3-4H3,(H,28,29). The molecule has 6 heteroatoms. The van der Waals surface area contributed by atoms with Crippen LogP contribution in [-0.2, 0) is 13.5 Å². The topological polar surface area (TPSA) is 66.9 Å². The summed E-state index contributed by atoms with van der Waals surface area (Å²) in [5, 5.41) is 9.69. The van der Waals surface area contributed by atoms with Gasteiger partial charge in [0.25, 0.3) is 5.91 Å². The number of amides is 1. The Kier molecular flexibility index (Phi) is 5.51. The van der Waals surface area contributed by atoms with E-state index < -0.39 is 5.97 Å². The number of nitrogens with zero attached hydrogens (tertiary/aromatic N) is 3. The Bertz CT molecular complexity index is 1110. The largest absolute Gasteiger partial charge is 0.477 e. The van der Waals surface area contributed by atoms with E-state index in [1.807, 2.05) is 37.3 Å². The molecule has 29 heavy (non-hydrogen) atoms. The van der Waals surface area contributed by atoms with Crippen molar-refractivity contribution >= 4 is 23.3 Å². The van der Waals surface area contributed by atoms with Crippen LogP contribution in [0.25, 0.3) is 16.0 Å². The first-order valence-corrected chi connectivity index (χ1v) is 9.16. The first kappa shape index (κ1) is 19.9. The number of carboxylic acid groups (broad SMARTS) is 1. The molecule has 1 N–H and O–H groups in total. The normalized spacial score (nSPS) is 10.4. The third kappa shape index (κ3) is 3.50.